The molecule has 3 heterocycles. The number of nitrogens with zero attached hydrogens (tertiary/aromatic N) is 7. The number of aryl methyl sites for hydroxylation is 2. The summed E-state index contributed by atoms with van der Waals surface area (Å²) < 4.78 is 2.08. The Morgan fingerprint density at radius 1 is 1.07 bits per heavy atom. The van der Waals surface area contributed by atoms with Crippen LogP contribution in [-0.4, -0.2) is 64.9 Å². The van der Waals surface area contributed by atoms with E-state index in [0.717, 1.165) is 56.1 Å². The van der Waals surface area contributed by atoms with Gasteiger partial charge in [0.2, 0.25) is 5.95 Å². The third-order valence-electron chi connectivity index (χ3n) is 5.85. The third kappa shape index (κ3) is 3.65. The van der Waals surface area contributed by atoms with Gasteiger partial charge in [0, 0.05) is 82.3 Å². The maximum atomic E-state index is 4.82. The minimum Gasteiger partial charge on any atom is -0.354 e. The molecule has 1 saturated carbocycles. The highest BCUT2D eigenvalue weighted by Crippen LogP contribution is 2.41. The van der Waals surface area contributed by atoms with Crippen LogP contribution in [0.3, 0.4) is 0 Å². The van der Waals surface area contributed by atoms with Crippen molar-refractivity contribution in [1.82, 2.24) is 24.6 Å². The van der Waals surface area contributed by atoms with Gasteiger partial charge in [-0.25, -0.2) is 4.98 Å². The van der Waals surface area contributed by atoms with Crippen LogP contribution in [0.2, 0.25) is 0 Å². The fraction of sp³-hybridized carbons (Fsp3) is 0.650. The first-order valence-corrected chi connectivity index (χ1v) is 9.94. The molecule has 2 fully saturated rings. The summed E-state index contributed by atoms with van der Waals surface area (Å²) in [6.07, 6.45) is 4.71. The van der Waals surface area contributed by atoms with E-state index in [9.17, 15) is 0 Å². The zero-order chi connectivity index (χ0) is 19.1. The van der Waals surface area contributed by atoms with Gasteiger partial charge in [-0.1, -0.05) is 0 Å². The lowest BCUT2D eigenvalue weighted by Gasteiger charge is -2.36. The van der Waals surface area contributed by atoms with Crippen molar-refractivity contribution < 1.29 is 0 Å². The molecule has 7 nitrogen and oxygen atoms in total. The normalized spacial score (nSPS) is 18.2. The van der Waals surface area contributed by atoms with Crippen LogP contribution < -0.4 is 9.80 Å². The number of piperazine rings is 1. The molecule has 2 aromatic heterocycles. The van der Waals surface area contributed by atoms with Crippen LogP contribution >= 0.6 is 0 Å². The molecule has 0 amide bonds. The number of hydrogen-bond acceptors (Lipinski definition) is 6. The Morgan fingerprint density at radius 2 is 1.78 bits per heavy atom. The van der Waals surface area contributed by atoms with Crippen molar-refractivity contribution in [2.75, 3.05) is 50.1 Å². The molecule has 27 heavy (non-hydrogen) atoms. The van der Waals surface area contributed by atoms with Gasteiger partial charge >= 0.3 is 0 Å². The summed E-state index contributed by atoms with van der Waals surface area (Å²) in [5.74, 6) is 2.62. The lowest BCUT2D eigenvalue weighted by atomic mass is 10.1. The summed E-state index contributed by atoms with van der Waals surface area (Å²) >= 11 is 0. The fourth-order valence-electron chi connectivity index (χ4n) is 3.96. The average Bonchev–Trinajstić information content (AvgIpc) is 3.41. The summed E-state index contributed by atoms with van der Waals surface area (Å²) in [6.45, 7) is 9.34. The van der Waals surface area contributed by atoms with Gasteiger partial charge in [0.05, 0.1) is 6.20 Å². The third-order valence-corrected chi connectivity index (χ3v) is 5.85. The monoisotopic (exact) mass is 369 g/mol. The Balaban J connectivity index is 1.44. The van der Waals surface area contributed by atoms with Gasteiger partial charge in [0.25, 0.3) is 0 Å². The quantitative estimate of drug-likeness (QED) is 0.804. The van der Waals surface area contributed by atoms with E-state index in [-0.39, 0.29) is 0 Å². The smallest absolute Gasteiger partial charge is 0.227 e. The summed E-state index contributed by atoms with van der Waals surface area (Å²) in [5.41, 5.74) is 5.13. The van der Waals surface area contributed by atoms with Crippen LogP contribution in [0.4, 0.5) is 11.8 Å². The molecule has 4 rings (SSSR count). The van der Waals surface area contributed by atoms with Gasteiger partial charge in [-0.15, -0.1) is 0 Å². The Bertz CT molecular complexity index is 814. The van der Waals surface area contributed by atoms with Crippen LogP contribution in [-0.2, 0) is 13.6 Å². The van der Waals surface area contributed by atoms with E-state index in [2.05, 4.69) is 51.7 Å². The van der Waals surface area contributed by atoms with E-state index < -0.39 is 0 Å². The minimum atomic E-state index is 0.741. The van der Waals surface area contributed by atoms with E-state index in [1.807, 2.05) is 19.0 Å². The first-order valence-electron chi connectivity index (χ1n) is 9.94. The minimum absolute atomic E-state index is 0.741. The van der Waals surface area contributed by atoms with Gasteiger partial charge in [0.1, 0.15) is 5.82 Å². The summed E-state index contributed by atoms with van der Waals surface area (Å²) in [5, 5.41) is 4.51. The van der Waals surface area contributed by atoms with Crippen LogP contribution in [0.1, 0.15) is 41.3 Å². The van der Waals surface area contributed by atoms with Crippen molar-refractivity contribution in [3.8, 4) is 0 Å². The molecule has 7 heteroatoms. The highest BCUT2D eigenvalue weighted by atomic mass is 15.3. The molecule has 1 aliphatic heterocycles. The molecular formula is C20H31N7. The summed E-state index contributed by atoms with van der Waals surface area (Å²) in [7, 11) is 6.08. The molecule has 0 unspecified atom stereocenters. The molecule has 0 spiro atoms. The second-order valence-corrected chi connectivity index (χ2v) is 8.17. The summed E-state index contributed by atoms with van der Waals surface area (Å²) in [6, 6.07) is 0. The number of hydrogen-bond donors (Lipinski definition) is 0. The second kappa shape index (κ2) is 7.11. The molecule has 1 aliphatic carbocycles. The Hall–Kier alpha value is -2.15. The average molecular weight is 370 g/mol. The maximum Gasteiger partial charge on any atom is 0.227 e. The molecule has 0 N–H and O–H groups in total. The van der Waals surface area contributed by atoms with Crippen molar-refractivity contribution in [3.63, 3.8) is 0 Å². The van der Waals surface area contributed by atoms with Gasteiger partial charge in [-0.3, -0.25) is 9.58 Å². The Labute approximate surface area is 162 Å². The number of aromatic nitrogens is 4. The first-order chi connectivity index (χ1) is 12.9. The molecule has 0 atom stereocenters. The van der Waals surface area contributed by atoms with Crippen LogP contribution in [0.25, 0.3) is 0 Å². The molecule has 1 saturated heterocycles. The predicted molar refractivity (Wildman–Crippen MR) is 109 cm³/mol. The van der Waals surface area contributed by atoms with E-state index in [1.165, 1.54) is 29.7 Å². The van der Waals surface area contributed by atoms with E-state index >= 15 is 0 Å². The summed E-state index contributed by atoms with van der Waals surface area (Å²) in [4.78, 5) is 16.4. The van der Waals surface area contributed by atoms with Crippen LogP contribution in [0.5, 0.6) is 0 Å². The molecule has 0 bridgehead atoms. The zero-order valence-electron chi connectivity index (χ0n) is 17.2. The van der Waals surface area contributed by atoms with Crippen LogP contribution in [0.15, 0.2) is 6.20 Å². The molecule has 146 valence electrons. The molecule has 0 aromatic carbocycles. The number of anilines is 2. The highest BCUT2D eigenvalue weighted by Gasteiger charge is 2.30. The number of rotatable bonds is 5. The SMILES string of the molecule is Cc1nc(N(C)C)nc(N2CCN(Cc3cnn(C)c3C3CC3)CC2)c1C. The largest absolute Gasteiger partial charge is 0.354 e. The molecule has 0 radical (unpaired) electrons. The molecular weight excluding hydrogens is 338 g/mol. The van der Waals surface area contributed by atoms with Gasteiger partial charge in [-0.05, 0) is 26.7 Å². The van der Waals surface area contributed by atoms with Gasteiger partial charge in [0.15, 0.2) is 0 Å². The lowest BCUT2D eigenvalue weighted by Crippen LogP contribution is -2.46. The maximum absolute atomic E-state index is 4.82. The Morgan fingerprint density at radius 3 is 2.41 bits per heavy atom. The standard InChI is InChI=1S/C20H31N7/c1-14-15(2)22-20(24(3)4)23-19(14)27-10-8-26(9-11-27)13-17-12-21-25(5)18(17)16-6-7-16/h12,16H,6-11,13H2,1-5H3. The highest BCUT2D eigenvalue weighted by molar-refractivity contribution is 5.52. The van der Waals surface area contributed by atoms with Crippen molar-refractivity contribution in [2.24, 2.45) is 7.05 Å². The molecule has 2 aliphatic rings. The van der Waals surface area contributed by atoms with Crippen LogP contribution in [0, 0.1) is 13.8 Å². The van der Waals surface area contributed by atoms with E-state index in [4.69, 9.17) is 4.98 Å². The second-order valence-electron chi connectivity index (χ2n) is 8.17. The first kappa shape index (κ1) is 18.2. The van der Waals surface area contributed by atoms with E-state index in [0.29, 0.717) is 0 Å². The lowest BCUT2D eigenvalue weighted by molar-refractivity contribution is 0.248. The fourth-order valence-corrected chi connectivity index (χ4v) is 3.96. The van der Waals surface area contributed by atoms with Crippen molar-refractivity contribution >= 4 is 11.8 Å². The van der Waals surface area contributed by atoms with Crippen molar-refractivity contribution in [2.45, 2.75) is 39.2 Å². The predicted octanol–water partition coefficient (Wildman–Crippen LogP) is 2.09. The topological polar surface area (TPSA) is 53.3 Å². The molecule has 2 aromatic rings. The Kier molecular flexibility index (Phi) is 4.80. The van der Waals surface area contributed by atoms with Crippen molar-refractivity contribution in [3.05, 3.63) is 28.7 Å². The zero-order valence-corrected chi connectivity index (χ0v) is 17.2. The van der Waals surface area contributed by atoms with E-state index in [1.54, 1.807) is 0 Å². The van der Waals surface area contributed by atoms with Gasteiger partial charge < -0.3 is 9.80 Å². The van der Waals surface area contributed by atoms with Gasteiger partial charge in [-0.2, -0.15) is 10.1 Å². The van der Waals surface area contributed by atoms with Crippen molar-refractivity contribution in [1.29, 1.82) is 0 Å².